The largest absolute Gasteiger partial charge is 0.481 e. The van der Waals surface area contributed by atoms with Gasteiger partial charge in [-0.3, -0.25) is 4.79 Å². The summed E-state index contributed by atoms with van der Waals surface area (Å²) in [5, 5.41) is 2.69. The third kappa shape index (κ3) is 2.73. The van der Waals surface area contributed by atoms with Gasteiger partial charge in [-0.25, -0.2) is 9.97 Å². The standard InChI is InChI=1S/C12H12N4O2/c1-18-11-5-3-9(7-15-11)16-12(17)8-2-4-10(13)14-6-8/h2-7H,1H3,(H2,13,14)(H,16,17). The molecular weight excluding hydrogens is 232 g/mol. The Labute approximate surface area is 104 Å². The summed E-state index contributed by atoms with van der Waals surface area (Å²) in [5.41, 5.74) is 6.46. The zero-order chi connectivity index (χ0) is 13.0. The predicted molar refractivity (Wildman–Crippen MR) is 67.4 cm³/mol. The minimum absolute atomic E-state index is 0.269. The normalized spacial score (nSPS) is 9.83. The quantitative estimate of drug-likeness (QED) is 0.849. The maximum atomic E-state index is 11.8. The molecule has 0 radical (unpaired) electrons. The molecule has 6 nitrogen and oxygen atoms in total. The smallest absolute Gasteiger partial charge is 0.257 e. The monoisotopic (exact) mass is 244 g/mol. The molecule has 18 heavy (non-hydrogen) atoms. The minimum atomic E-state index is -0.269. The van der Waals surface area contributed by atoms with Crippen LogP contribution in [0, 0.1) is 0 Å². The average Bonchev–Trinajstić information content (AvgIpc) is 2.40. The molecule has 0 saturated carbocycles. The highest BCUT2D eigenvalue weighted by Crippen LogP contribution is 2.12. The van der Waals surface area contributed by atoms with Gasteiger partial charge in [0.15, 0.2) is 0 Å². The number of nitrogens with zero attached hydrogens (tertiary/aromatic N) is 2. The lowest BCUT2D eigenvalue weighted by Crippen LogP contribution is -2.12. The molecule has 0 bridgehead atoms. The molecule has 3 N–H and O–H groups in total. The summed E-state index contributed by atoms with van der Waals surface area (Å²) in [4.78, 5) is 19.7. The molecule has 0 unspecified atom stereocenters. The number of pyridine rings is 2. The van der Waals surface area contributed by atoms with Gasteiger partial charge in [-0.2, -0.15) is 0 Å². The zero-order valence-electron chi connectivity index (χ0n) is 9.75. The van der Waals surface area contributed by atoms with E-state index in [1.807, 2.05) is 0 Å². The minimum Gasteiger partial charge on any atom is -0.481 e. The van der Waals surface area contributed by atoms with Crippen LogP contribution >= 0.6 is 0 Å². The molecular formula is C12H12N4O2. The first-order chi connectivity index (χ1) is 8.69. The first kappa shape index (κ1) is 11.8. The SMILES string of the molecule is COc1ccc(NC(=O)c2ccc(N)nc2)cn1. The van der Waals surface area contributed by atoms with Gasteiger partial charge in [0.2, 0.25) is 5.88 Å². The van der Waals surface area contributed by atoms with Gasteiger partial charge in [-0.15, -0.1) is 0 Å². The maximum absolute atomic E-state index is 11.8. The van der Waals surface area contributed by atoms with Crippen LogP contribution in [-0.2, 0) is 0 Å². The highest BCUT2D eigenvalue weighted by atomic mass is 16.5. The number of carbonyl (C=O) groups excluding carboxylic acids is 1. The second kappa shape index (κ2) is 5.13. The Bertz CT molecular complexity index is 537. The van der Waals surface area contributed by atoms with Gasteiger partial charge >= 0.3 is 0 Å². The number of aromatic nitrogens is 2. The van der Waals surface area contributed by atoms with E-state index < -0.39 is 0 Å². The Balaban J connectivity index is 2.08. The molecule has 2 rings (SSSR count). The highest BCUT2D eigenvalue weighted by molar-refractivity contribution is 6.04. The lowest BCUT2D eigenvalue weighted by molar-refractivity contribution is 0.102. The number of nitrogen functional groups attached to an aromatic ring is 1. The van der Waals surface area contributed by atoms with Crippen molar-refractivity contribution in [2.45, 2.75) is 0 Å². The van der Waals surface area contributed by atoms with Crippen molar-refractivity contribution in [1.29, 1.82) is 0 Å². The number of amides is 1. The number of methoxy groups -OCH3 is 1. The van der Waals surface area contributed by atoms with Gasteiger partial charge in [-0.1, -0.05) is 0 Å². The van der Waals surface area contributed by atoms with E-state index in [0.717, 1.165) is 0 Å². The summed E-state index contributed by atoms with van der Waals surface area (Å²) in [6.45, 7) is 0. The summed E-state index contributed by atoms with van der Waals surface area (Å²) >= 11 is 0. The number of hydrogen-bond acceptors (Lipinski definition) is 5. The molecule has 92 valence electrons. The number of anilines is 2. The van der Waals surface area contributed by atoms with Crippen LogP contribution in [0.5, 0.6) is 5.88 Å². The fourth-order valence-electron chi connectivity index (χ4n) is 1.32. The van der Waals surface area contributed by atoms with Crippen molar-refractivity contribution >= 4 is 17.4 Å². The summed E-state index contributed by atoms with van der Waals surface area (Å²) in [6.07, 6.45) is 2.93. The van der Waals surface area contributed by atoms with Crippen LogP contribution in [0.2, 0.25) is 0 Å². The van der Waals surface area contributed by atoms with E-state index >= 15 is 0 Å². The van der Waals surface area contributed by atoms with Crippen LogP contribution < -0.4 is 15.8 Å². The van der Waals surface area contributed by atoms with Crippen molar-refractivity contribution < 1.29 is 9.53 Å². The third-order valence-corrected chi connectivity index (χ3v) is 2.25. The average molecular weight is 244 g/mol. The second-order valence-corrected chi connectivity index (χ2v) is 3.52. The maximum Gasteiger partial charge on any atom is 0.257 e. The Morgan fingerprint density at radius 1 is 1.22 bits per heavy atom. The zero-order valence-corrected chi connectivity index (χ0v) is 9.75. The summed E-state index contributed by atoms with van der Waals surface area (Å²) in [6, 6.07) is 6.54. The molecule has 1 amide bonds. The second-order valence-electron chi connectivity index (χ2n) is 3.52. The fraction of sp³-hybridized carbons (Fsp3) is 0.0833. The van der Waals surface area contributed by atoms with Crippen LogP contribution in [0.3, 0.4) is 0 Å². The van der Waals surface area contributed by atoms with Crippen LogP contribution in [0.25, 0.3) is 0 Å². The Morgan fingerprint density at radius 2 is 2.06 bits per heavy atom. The van der Waals surface area contributed by atoms with E-state index in [4.69, 9.17) is 10.5 Å². The molecule has 0 fully saturated rings. The van der Waals surface area contributed by atoms with E-state index in [2.05, 4.69) is 15.3 Å². The van der Waals surface area contributed by atoms with E-state index in [-0.39, 0.29) is 5.91 Å². The van der Waals surface area contributed by atoms with Crippen LogP contribution in [0.1, 0.15) is 10.4 Å². The molecule has 2 heterocycles. The molecule has 6 heteroatoms. The first-order valence-electron chi connectivity index (χ1n) is 5.22. The van der Waals surface area contributed by atoms with Crippen LogP contribution in [-0.4, -0.2) is 23.0 Å². The summed E-state index contributed by atoms with van der Waals surface area (Å²) in [5.74, 6) is 0.592. The molecule has 0 aliphatic rings. The van der Waals surface area contributed by atoms with Crippen LogP contribution in [0.4, 0.5) is 11.5 Å². The van der Waals surface area contributed by atoms with E-state index in [9.17, 15) is 4.79 Å². The number of ether oxygens (including phenoxy) is 1. The molecule has 0 spiro atoms. The van der Waals surface area contributed by atoms with Gasteiger partial charge in [0.05, 0.1) is 24.6 Å². The third-order valence-electron chi connectivity index (χ3n) is 2.25. The van der Waals surface area contributed by atoms with Gasteiger partial charge in [0, 0.05) is 12.3 Å². The van der Waals surface area contributed by atoms with Crippen molar-refractivity contribution in [1.82, 2.24) is 9.97 Å². The number of rotatable bonds is 3. The summed E-state index contributed by atoms with van der Waals surface area (Å²) in [7, 11) is 1.53. The summed E-state index contributed by atoms with van der Waals surface area (Å²) < 4.78 is 4.92. The molecule has 0 aromatic carbocycles. The molecule has 0 aliphatic carbocycles. The van der Waals surface area contributed by atoms with Crippen molar-refractivity contribution in [3.63, 3.8) is 0 Å². The van der Waals surface area contributed by atoms with Gasteiger partial charge in [-0.05, 0) is 18.2 Å². The molecule has 2 aromatic rings. The number of hydrogen-bond donors (Lipinski definition) is 2. The highest BCUT2D eigenvalue weighted by Gasteiger charge is 2.06. The van der Waals surface area contributed by atoms with E-state index in [1.54, 1.807) is 24.3 Å². The lowest BCUT2D eigenvalue weighted by Gasteiger charge is -2.05. The molecule has 0 saturated heterocycles. The lowest BCUT2D eigenvalue weighted by atomic mass is 10.2. The van der Waals surface area contributed by atoms with E-state index in [0.29, 0.717) is 22.9 Å². The number of nitrogens with two attached hydrogens (primary N) is 1. The van der Waals surface area contributed by atoms with Gasteiger partial charge in [0.25, 0.3) is 5.91 Å². The first-order valence-corrected chi connectivity index (χ1v) is 5.22. The topological polar surface area (TPSA) is 90.1 Å². The fourth-order valence-corrected chi connectivity index (χ4v) is 1.32. The van der Waals surface area contributed by atoms with Gasteiger partial charge < -0.3 is 15.8 Å². The number of carbonyl (C=O) groups is 1. The predicted octanol–water partition coefficient (Wildman–Crippen LogP) is 1.32. The molecule has 2 aromatic heterocycles. The van der Waals surface area contributed by atoms with Gasteiger partial charge in [0.1, 0.15) is 5.82 Å². The van der Waals surface area contributed by atoms with E-state index in [1.165, 1.54) is 19.5 Å². The Morgan fingerprint density at radius 3 is 2.61 bits per heavy atom. The Kier molecular flexibility index (Phi) is 3.38. The van der Waals surface area contributed by atoms with Crippen molar-refractivity contribution in [2.24, 2.45) is 0 Å². The number of nitrogens with one attached hydrogen (secondary N) is 1. The van der Waals surface area contributed by atoms with Crippen LogP contribution in [0.15, 0.2) is 36.7 Å². The van der Waals surface area contributed by atoms with Crippen molar-refractivity contribution in [3.05, 3.63) is 42.2 Å². The van der Waals surface area contributed by atoms with Crippen molar-refractivity contribution in [2.75, 3.05) is 18.2 Å². The molecule has 0 aliphatic heterocycles. The Hall–Kier alpha value is -2.63. The molecule has 0 atom stereocenters. The van der Waals surface area contributed by atoms with Crippen molar-refractivity contribution in [3.8, 4) is 5.88 Å².